The first-order valence-electron chi connectivity index (χ1n) is 11.2. The van der Waals surface area contributed by atoms with Crippen LogP contribution in [-0.4, -0.2) is 22.9 Å². The zero-order chi connectivity index (χ0) is 25.0. The molecule has 178 valence electrons. The van der Waals surface area contributed by atoms with Gasteiger partial charge in [-0.3, -0.25) is 4.79 Å². The molecule has 0 N–H and O–H groups in total. The number of alkyl halides is 3. The van der Waals surface area contributed by atoms with E-state index in [9.17, 15) is 18.0 Å². The van der Waals surface area contributed by atoms with E-state index in [1.54, 1.807) is 12.3 Å². The van der Waals surface area contributed by atoms with Crippen LogP contribution in [0.4, 0.5) is 13.2 Å². The minimum atomic E-state index is -4.47. The smallest absolute Gasteiger partial charge is 0.416 e. The summed E-state index contributed by atoms with van der Waals surface area (Å²) in [6, 6.07) is 19.3. The van der Waals surface area contributed by atoms with Crippen LogP contribution >= 0.6 is 0 Å². The Morgan fingerprint density at radius 2 is 1.71 bits per heavy atom. The van der Waals surface area contributed by atoms with Gasteiger partial charge < -0.3 is 4.74 Å². The number of aromatic nitrogens is 2. The number of halogens is 3. The summed E-state index contributed by atoms with van der Waals surface area (Å²) in [5.74, 6) is -0.455. The SMILES string of the molecule is COC(=O)Cc1cn(-c2cccc(C(F)(F)F)c2)nc1-c1ccc2c(c1)C(C)(C)c1ccccc1-2. The first-order valence-corrected chi connectivity index (χ1v) is 11.2. The molecule has 1 aliphatic carbocycles. The highest BCUT2D eigenvalue weighted by Gasteiger charge is 2.35. The van der Waals surface area contributed by atoms with Crippen molar-refractivity contribution in [1.29, 1.82) is 0 Å². The fourth-order valence-electron chi connectivity index (χ4n) is 4.82. The van der Waals surface area contributed by atoms with Crippen LogP contribution in [0.5, 0.6) is 0 Å². The number of esters is 1. The third-order valence-electron chi connectivity index (χ3n) is 6.65. The molecule has 4 nitrogen and oxygen atoms in total. The van der Waals surface area contributed by atoms with Gasteiger partial charge >= 0.3 is 12.1 Å². The minimum Gasteiger partial charge on any atom is -0.469 e. The van der Waals surface area contributed by atoms with E-state index in [2.05, 4.69) is 37.1 Å². The second-order valence-corrected chi connectivity index (χ2v) is 9.18. The van der Waals surface area contributed by atoms with Crippen LogP contribution < -0.4 is 0 Å². The Hall–Kier alpha value is -3.87. The lowest BCUT2D eigenvalue weighted by Crippen LogP contribution is -2.15. The van der Waals surface area contributed by atoms with Gasteiger partial charge in [0.25, 0.3) is 0 Å². The van der Waals surface area contributed by atoms with Crippen molar-refractivity contribution in [3.05, 3.63) is 95.2 Å². The van der Waals surface area contributed by atoms with Gasteiger partial charge in [-0.1, -0.05) is 56.3 Å². The predicted octanol–water partition coefficient (Wildman–Crippen LogP) is 6.58. The summed E-state index contributed by atoms with van der Waals surface area (Å²) < 4.78 is 46.1. The van der Waals surface area contributed by atoms with Crippen LogP contribution in [0.1, 0.15) is 36.1 Å². The maximum atomic E-state index is 13.3. The zero-order valence-electron chi connectivity index (χ0n) is 19.5. The molecule has 1 aliphatic rings. The maximum Gasteiger partial charge on any atom is 0.416 e. The summed E-state index contributed by atoms with van der Waals surface area (Å²) in [5, 5.41) is 4.63. The summed E-state index contributed by atoms with van der Waals surface area (Å²) in [5.41, 5.74) is 5.84. The number of hydrogen-bond acceptors (Lipinski definition) is 3. The number of hydrogen-bond donors (Lipinski definition) is 0. The molecule has 0 fully saturated rings. The molecule has 0 aliphatic heterocycles. The number of benzene rings is 3. The van der Waals surface area contributed by atoms with Crippen molar-refractivity contribution in [1.82, 2.24) is 9.78 Å². The van der Waals surface area contributed by atoms with Crippen LogP contribution in [0.3, 0.4) is 0 Å². The second-order valence-electron chi connectivity index (χ2n) is 9.18. The lowest BCUT2D eigenvalue weighted by molar-refractivity contribution is -0.140. The van der Waals surface area contributed by atoms with Gasteiger partial charge in [-0.25, -0.2) is 4.68 Å². The Balaban J connectivity index is 1.64. The van der Waals surface area contributed by atoms with E-state index in [0.29, 0.717) is 11.3 Å². The fourth-order valence-corrected chi connectivity index (χ4v) is 4.82. The molecular formula is C28H23F3N2O2. The van der Waals surface area contributed by atoms with Crippen LogP contribution in [0.2, 0.25) is 0 Å². The third-order valence-corrected chi connectivity index (χ3v) is 6.65. The largest absolute Gasteiger partial charge is 0.469 e. The van der Waals surface area contributed by atoms with Crippen molar-refractivity contribution in [2.45, 2.75) is 31.9 Å². The molecule has 0 saturated carbocycles. The summed E-state index contributed by atoms with van der Waals surface area (Å²) in [6.07, 6.45) is -2.93. The lowest BCUT2D eigenvalue weighted by Gasteiger charge is -2.21. The molecule has 0 saturated heterocycles. The van der Waals surface area contributed by atoms with E-state index >= 15 is 0 Å². The summed E-state index contributed by atoms with van der Waals surface area (Å²) in [6.45, 7) is 4.33. The summed E-state index contributed by atoms with van der Waals surface area (Å²) in [7, 11) is 1.30. The van der Waals surface area contributed by atoms with Crippen molar-refractivity contribution in [3.63, 3.8) is 0 Å². The normalized spacial score (nSPS) is 13.9. The number of fused-ring (bicyclic) bond motifs is 3. The number of carbonyl (C=O) groups is 1. The van der Waals surface area contributed by atoms with Gasteiger partial charge in [0.15, 0.2) is 0 Å². The van der Waals surface area contributed by atoms with E-state index in [4.69, 9.17) is 4.74 Å². The first-order chi connectivity index (χ1) is 16.6. The van der Waals surface area contributed by atoms with Gasteiger partial charge in [-0.2, -0.15) is 18.3 Å². The quantitative estimate of drug-likeness (QED) is 0.313. The number of carbonyl (C=O) groups excluding carboxylic acids is 1. The minimum absolute atomic E-state index is 0.0501. The molecular weight excluding hydrogens is 453 g/mol. The van der Waals surface area contributed by atoms with Crippen LogP contribution in [0, 0.1) is 0 Å². The Kier molecular flexibility index (Phi) is 5.31. The van der Waals surface area contributed by atoms with Gasteiger partial charge in [0.2, 0.25) is 0 Å². The predicted molar refractivity (Wildman–Crippen MR) is 127 cm³/mol. The average Bonchev–Trinajstić information content (AvgIpc) is 3.35. The maximum absolute atomic E-state index is 13.3. The van der Waals surface area contributed by atoms with Crippen molar-refractivity contribution < 1.29 is 22.7 Å². The molecule has 0 bridgehead atoms. The van der Waals surface area contributed by atoms with Crippen molar-refractivity contribution >= 4 is 5.97 Å². The van der Waals surface area contributed by atoms with Gasteiger partial charge in [0.05, 0.1) is 30.5 Å². The van der Waals surface area contributed by atoms with Gasteiger partial charge in [0, 0.05) is 22.7 Å². The van der Waals surface area contributed by atoms with Crippen molar-refractivity contribution in [2.24, 2.45) is 0 Å². The molecule has 1 heterocycles. The monoisotopic (exact) mass is 476 g/mol. The standard InChI is InChI=1S/C28H23F3N2O2/c1-27(2)23-10-5-4-9-21(23)22-12-11-17(13-24(22)27)26-18(14-25(34)35-3)16-33(32-26)20-8-6-7-19(15-20)28(29,30)31/h4-13,15-16H,14H2,1-3H3. The molecule has 0 spiro atoms. The second kappa shape index (κ2) is 8.12. The molecule has 0 amide bonds. The molecule has 7 heteroatoms. The molecule has 0 unspecified atom stereocenters. The van der Waals surface area contributed by atoms with E-state index < -0.39 is 17.7 Å². The topological polar surface area (TPSA) is 44.1 Å². The third kappa shape index (κ3) is 3.91. The Labute approximate surface area is 201 Å². The van der Waals surface area contributed by atoms with Crippen molar-refractivity contribution in [2.75, 3.05) is 7.11 Å². The molecule has 35 heavy (non-hydrogen) atoms. The molecule has 1 aromatic heterocycles. The van der Waals surface area contributed by atoms with Crippen LogP contribution in [0.15, 0.2) is 72.9 Å². The lowest BCUT2D eigenvalue weighted by atomic mass is 9.82. The number of rotatable bonds is 4. The summed E-state index contributed by atoms with van der Waals surface area (Å²) in [4.78, 5) is 12.1. The molecule has 4 aromatic rings. The van der Waals surface area contributed by atoms with Crippen molar-refractivity contribution in [3.8, 4) is 28.1 Å². The zero-order valence-corrected chi connectivity index (χ0v) is 19.5. The Bertz CT molecular complexity index is 1450. The number of ether oxygens (including phenoxy) is 1. The highest BCUT2D eigenvalue weighted by Crippen LogP contribution is 2.49. The Morgan fingerprint density at radius 1 is 0.971 bits per heavy atom. The van der Waals surface area contributed by atoms with Crippen LogP contribution in [-0.2, 0) is 27.5 Å². The van der Waals surface area contributed by atoms with E-state index in [-0.39, 0.29) is 17.5 Å². The molecule has 3 aromatic carbocycles. The fraction of sp³-hybridized carbons (Fsp3) is 0.214. The highest BCUT2D eigenvalue weighted by atomic mass is 19.4. The van der Waals surface area contributed by atoms with E-state index in [1.165, 1.54) is 29.0 Å². The highest BCUT2D eigenvalue weighted by molar-refractivity contribution is 5.84. The number of nitrogens with zero attached hydrogens (tertiary/aromatic N) is 2. The van der Waals surface area contributed by atoms with Gasteiger partial charge in [0.1, 0.15) is 0 Å². The average molecular weight is 476 g/mol. The summed E-state index contributed by atoms with van der Waals surface area (Å²) >= 11 is 0. The molecule has 0 radical (unpaired) electrons. The van der Waals surface area contributed by atoms with Gasteiger partial charge in [-0.05, 0) is 46.5 Å². The van der Waals surface area contributed by atoms with Crippen LogP contribution in [0.25, 0.3) is 28.1 Å². The Morgan fingerprint density at radius 3 is 2.46 bits per heavy atom. The number of methoxy groups -OCH3 is 1. The molecule has 0 atom stereocenters. The van der Waals surface area contributed by atoms with E-state index in [1.807, 2.05) is 24.3 Å². The van der Waals surface area contributed by atoms with E-state index in [0.717, 1.165) is 28.8 Å². The first kappa shape index (κ1) is 22.9. The molecule has 5 rings (SSSR count). The van der Waals surface area contributed by atoms with Gasteiger partial charge in [-0.15, -0.1) is 0 Å².